The van der Waals surface area contributed by atoms with E-state index in [1.54, 1.807) is 26.8 Å². The first-order valence-electron chi connectivity index (χ1n) is 4.64. The molecule has 84 valence electrons. The van der Waals surface area contributed by atoms with E-state index in [-0.39, 0.29) is 11.3 Å². The van der Waals surface area contributed by atoms with E-state index in [1.165, 1.54) is 6.07 Å². The average Bonchev–Trinajstić information content (AvgIpc) is 2.06. The largest absolute Gasteiger partial charge is 0.507 e. The van der Waals surface area contributed by atoms with Crippen molar-refractivity contribution in [3.05, 3.63) is 28.8 Å². The summed E-state index contributed by atoms with van der Waals surface area (Å²) >= 11 is 0. The Balaban J connectivity index is 3.36. The topological polar surface area (TPSA) is 46.2 Å². The van der Waals surface area contributed by atoms with E-state index in [9.17, 15) is 13.9 Å². The summed E-state index contributed by atoms with van der Waals surface area (Å²) < 4.78 is 25.2. The van der Waals surface area contributed by atoms with Crippen LogP contribution in [0.3, 0.4) is 0 Å². The predicted molar refractivity (Wildman–Crippen MR) is 55.0 cm³/mol. The van der Waals surface area contributed by atoms with Crippen LogP contribution >= 0.6 is 0 Å². The summed E-state index contributed by atoms with van der Waals surface area (Å²) in [6.45, 7) is 5.04. The molecule has 2 nitrogen and oxygen atoms in total. The minimum atomic E-state index is -2.69. The number of nitrogens with two attached hydrogens (primary N) is 1. The summed E-state index contributed by atoms with van der Waals surface area (Å²) in [4.78, 5) is 0. The van der Waals surface area contributed by atoms with Crippen LogP contribution in [0.15, 0.2) is 12.1 Å². The number of phenolic OH excluding ortho intramolecular Hbond substituents is 1. The van der Waals surface area contributed by atoms with Gasteiger partial charge in [0.1, 0.15) is 5.75 Å². The molecule has 1 aromatic carbocycles. The Bertz CT molecular complexity index is 370. The fourth-order valence-electron chi connectivity index (χ4n) is 1.35. The molecule has 0 amide bonds. The number of benzene rings is 1. The van der Waals surface area contributed by atoms with E-state index in [2.05, 4.69) is 0 Å². The Morgan fingerprint density at radius 2 is 1.87 bits per heavy atom. The van der Waals surface area contributed by atoms with Gasteiger partial charge in [-0.1, -0.05) is 6.07 Å². The molecule has 0 atom stereocenters. The monoisotopic (exact) mass is 215 g/mol. The molecule has 4 heteroatoms. The van der Waals surface area contributed by atoms with Crippen LogP contribution in [-0.2, 0) is 5.54 Å². The van der Waals surface area contributed by atoms with Crippen molar-refractivity contribution in [3.8, 4) is 5.75 Å². The quantitative estimate of drug-likeness (QED) is 0.796. The maximum absolute atomic E-state index is 12.6. The third-order valence-electron chi connectivity index (χ3n) is 2.31. The van der Waals surface area contributed by atoms with Crippen LogP contribution in [0.4, 0.5) is 8.78 Å². The Morgan fingerprint density at radius 3 is 2.27 bits per heavy atom. The van der Waals surface area contributed by atoms with Crippen LogP contribution in [0.25, 0.3) is 0 Å². The zero-order valence-corrected chi connectivity index (χ0v) is 9.01. The number of aryl methyl sites for hydroxylation is 1. The van der Waals surface area contributed by atoms with Crippen LogP contribution < -0.4 is 5.73 Å². The maximum Gasteiger partial charge on any atom is 0.267 e. The Hall–Kier alpha value is -1.16. The zero-order chi connectivity index (χ0) is 11.8. The fraction of sp³-hybridized carbons (Fsp3) is 0.455. The van der Waals surface area contributed by atoms with E-state index in [0.29, 0.717) is 11.1 Å². The highest BCUT2D eigenvalue weighted by molar-refractivity contribution is 5.45. The van der Waals surface area contributed by atoms with Crippen molar-refractivity contribution in [2.24, 2.45) is 5.73 Å². The number of alkyl halides is 2. The van der Waals surface area contributed by atoms with Gasteiger partial charge in [0.2, 0.25) is 0 Å². The summed E-state index contributed by atoms with van der Waals surface area (Å²) in [6, 6.07) is 2.88. The number of halogens is 2. The van der Waals surface area contributed by atoms with Gasteiger partial charge in [0, 0.05) is 5.54 Å². The number of aromatic hydroxyl groups is 1. The minimum absolute atomic E-state index is 0.349. The number of hydrogen-bond donors (Lipinski definition) is 2. The van der Waals surface area contributed by atoms with Crippen LogP contribution in [-0.4, -0.2) is 5.11 Å². The molecule has 0 saturated carbocycles. The maximum atomic E-state index is 12.6. The van der Waals surface area contributed by atoms with Gasteiger partial charge in [-0.05, 0) is 38.0 Å². The molecule has 0 radical (unpaired) electrons. The van der Waals surface area contributed by atoms with Gasteiger partial charge in [-0.3, -0.25) is 0 Å². The summed E-state index contributed by atoms with van der Waals surface area (Å²) in [7, 11) is 0. The number of rotatable bonds is 2. The molecule has 1 aromatic rings. The van der Waals surface area contributed by atoms with Gasteiger partial charge in [-0.25, -0.2) is 8.78 Å². The molecule has 3 N–H and O–H groups in total. The third kappa shape index (κ3) is 2.45. The third-order valence-corrected chi connectivity index (χ3v) is 2.31. The first kappa shape index (κ1) is 11.9. The smallest absolute Gasteiger partial charge is 0.267 e. The number of hydrogen-bond acceptors (Lipinski definition) is 2. The van der Waals surface area contributed by atoms with Gasteiger partial charge in [0.15, 0.2) is 0 Å². The van der Waals surface area contributed by atoms with Crippen LogP contribution in [0.2, 0.25) is 0 Å². The lowest BCUT2D eigenvalue weighted by atomic mass is 9.92. The van der Waals surface area contributed by atoms with Crippen molar-refractivity contribution < 1.29 is 13.9 Å². The van der Waals surface area contributed by atoms with E-state index in [4.69, 9.17) is 5.73 Å². The molecular weight excluding hydrogens is 200 g/mol. The van der Waals surface area contributed by atoms with Crippen LogP contribution in [0, 0.1) is 6.92 Å². The SMILES string of the molecule is Cc1cc(C(C)(C)N)cc(C(F)F)c1O. The van der Waals surface area contributed by atoms with Crippen LogP contribution in [0.1, 0.15) is 37.0 Å². The zero-order valence-electron chi connectivity index (χ0n) is 9.01. The molecule has 0 aliphatic heterocycles. The van der Waals surface area contributed by atoms with Gasteiger partial charge in [-0.15, -0.1) is 0 Å². The second-order valence-corrected chi connectivity index (χ2v) is 4.25. The molecule has 0 aromatic heterocycles. The lowest BCUT2D eigenvalue weighted by Crippen LogP contribution is -2.28. The average molecular weight is 215 g/mol. The lowest BCUT2D eigenvalue weighted by molar-refractivity contribution is 0.147. The predicted octanol–water partition coefficient (Wildman–Crippen LogP) is 2.83. The highest BCUT2D eigenvalue weighted by Gasteiger charge is 2.21. The summed E-state index contributed by atoms with van der Waals surface area (Å²) in [6.07, 6.45) is -2.69. The molecule has 0 unspecified atom stereocenters. The van der Waals surface area contributed by atoms with E-state index >= 15 is 0 Å². The summed E-state index contributed by atoms with van der Waals surface area (Å²) in [5.74, 6) is -0.349. The van der Waals surface area contributed by atoms with Gasteiger partial charge in [0.25, 0.3) is 6.43 Å². The highest BCUT2D eigenvalue weighted by Crippen LogP contribution is 2.34. The summed E-state index contributed by atoms with van der Waals surface area (Å²) in [5, 5.41) is 9.44. The second kappa shape index (κ2) is 3.77. The number of phenols is 1. The molecule has 0 heterocycles. The summed E-state index contributed by atoms with van der Waals surface area (Å²) in [5.41, 5.74) is 5.78. The Kier molecular flexibility index (Phi) is 3.00. The normalized spacial score (nSPS) is 12.2. The molecule has 15 heavy (non-hydrogen) atoms. The molecule has 1 rings (SSSR count). The van der Waals surface area contributed by atoms with Crippen molar-refractivity contribution in [3.63, 3.8) is 0 Å². The minimum Gasteiger partial charge on any atom is -0.507 e. The Labute approximate surface area is 87.7 Å². The van der Waals surface area contributed by atoms with Gasteiger partial charge in [0.05, 0.1) is 5.56 Å². The first-order chi connectivity index (χ1) is 6.73. The molecule has 0 aliphatic carbocycles. The van der Waals surface area contributed by atoms with Gasteiger partial charge in [-0.2, -0.15) is 0 Å². The Morgan fingerprint density at radius 1 is 1.33 bits per heavy atom. The van der Waals surface area contributed by atoms with Crippen molar-refractivity contribution in [1.29, 1.82) is 0 Å². The van der Waals surface area contributed by atoms with Crippen molar-refractivity contribution in [2.75, 3.05) is 0 Å². The molecule has 0 bridgehead atoms. The highest BCUT2D eigenvalue weighted by atomic mass is 19.3. The molecule has 0 fully saturated rings. The van der Waals surface area contributed by atoms with Crippen molar-refractivity contribution >= 4 is 0 Å². The lowest BCUT2D eigenvalue weighted by Gasteiger charge is -2.21. The van der Waals surface area contributed by atoms with Crippen molar-refractivity contribution in [2.45, 2.75) is 32.7 Å². The molecular formula is C11H15F2NO. The van der Waals surface area contributed by atoms with E-state index in [0.717, 1.165) is 0 Å². The van der Waals surface area contributed by atoms with E-state index in [1.807, 2.05) is 0 Å². The van der Waals surface area contributed by atoms with Gasteiger partial charge < -0.3 is 10.8 Å². The molecule has 0 spiro atoms. The van der Waals surface area contributed by atoms with Crippen LogP contribution in [0.5, 0.6) is 5.75 Å². The fourth-order valence-corrected chi connectivity index (χ4v) is 1.35. The van der Waals surface area contributed by atoms with E-state index < -0.39 is 12.0 Å². The second-order valence-electron chi connectivity index (χ2n) is 4.25. The van der Waals surface area contributed by atoms with Crippen molar-refractivity contribution in [1.82, 2.24) is 0 Å². The first-order valence-corrected chi connectivity index (χ1v) is 4.64. The standard InChI is InChI=1S/C11H15F2NO/c1-6-4-7(11(2,3)14)5-8(9(6)15)10(12)13/h4-5,10,15H,14H2,1-3H3. The molecule has 0 saturated heterocycles. The molecule has 0 aliphatic rings. The van der Waals surface area contributed by atoms with Gasteiger partial charge >= 0.3 is 0 Å².